The number of amides is 2. The lowest BCUT2D eigenvalue weighted by Gasteiger charge is -2.46. The molecule has 1 spiro atoms. The molecule has 3 aromatic rings. The third kappa shape index (κ3) is 10.4. The highest BCUT2D eigenvalue weighted by atomic mass is 35.5. The summed E-state index contributed by atoms with van der Waals surface area (Å²) >= 11 is 12.7. The number of hydrogen-bond acceptors (Lipinski definition) is 6. The van der Waals surface area contributed by atoms with Crippen LogP contribution in [-0.4, -0.2) is 103 Å². The van der Waals surface area contributed by atoms with E-state index in [-0.39, 0.29) is 59.8 Å². The summed E-state index contributed by atoms with van der Waals surface area (Å²) in [6.07, 6.45) is -6.80. The van der Waals surface area contributed by atoms with Crippen LogP contribution in [0.25, 0.3) is 0 Å². The number of fused-ring (bicyclic) bond motifs is 2. The van der Waals surface area contributed by atoms with Crippen LogP contribution in [0.1, 0.15) is 84.1 Å². The van der Waals surface area contributed by atoms with Gasteiger partial charge in [-0.15, -0.1) is 0 Å². The van der Waals surface area contributed by atoms with E-state index >= 15 is 0 Å². The summed E-state index contributed by atoms with van der Waals surface area (Å²) in [6.45, 7) is 5.43. The second-order valence-corrected chi connectivity index (χ2v) is 17.4. The van der Waals surface area contributed by atoms with Crippen molar-refractivity contribution in [1.29, 1.82) is 0 Å². The second-order valence-electron chi connectivity index (χ2n) is 16.6. The predicted octanol–water partition coefficient (Wildman–Crippen LogP) is 8.77. The van der Waals surface area contributed by atoms with Crippen LogP contribution in [0.4, 0.5) is 26.3 Å². The number of carbonyl (C=O) groups is 2. The fourth-order valence-electron chi connectivity index (χ4n) is 8.70. The Labute approximate surface area is 350 Å². The fraction of sp³-hybridized carbons (Fsp3) is 0.535. The Kier molecular flexibility index (Phi) is 13.4. The SMILES string of the molecule is CN(CCCC(C)(C)O)C(=O)CO[C@H]1Cc2ccccc2C12CCN(CC[C@@]1(c3ccc(Cl)c(Cl)c3)CN(C(=O)c3cc(C(F)(F)F)cc(C(F)(F)F)c3)CCO1)CC2. The number of likely N-dealkylation sites (tertiary alicyclic amines) is 1. The molecular weight excluding hydrogens is 823 g/mol. The summed E-state index contributed by atoms with van der Waals surface area (Å²) in [5, 5.41) is 10.5. The summed E-state index contributed by atoms with van der Waals surface area (Å²) in [4.78, 5) is 32.1. The highest BCUT2D eigenvalue weighted by Crippen LogP contribution is 2.48. The quantitative estimate of drug-likeness (QED) is 0.184. The van der Waals surface area contributed by atoms with Gasteiger partial charge in [0, 0.05) is 37.7 Å². The number of rotatable bonds is 12. The Morgan fingerprint density at radius 3 is 2.22 bits per heavy atom. The number of morpholine rings is 1. The molecule has 2 atom stereocenters. The van der Waals surface area contributed by atoms with Crippen molar-refractivity contribution < 1.29 is 50.5 Å². The van der Waals surface area contributed by atoms with Crippen LogP contribution in [0, 0.1) is 0 Å². The minimum Gasteiger partial charge on any atom is -0.390 e. The van der Waals surface area contributed by atoms with Crippen molar-refractivity contribution in [3.63, 3.8) is 0 Å². The van der Waals surface area contributed by atoms with Crippen LogP contribution in [0.2, 0.25) is 10.0 Å². The minimum atomic E-state index is -5.11. The Bertz CT molecular complexity index is 1970. The highest BCUT2D eigenvalue weighted by molar-refractivity contribution is 6.42. The van der Waals surface area contributed by atoms with Gasteiger partial charge in [-0.3, -0.25) is 9.59 Å². The van der Waals surface area contributed by atoms with Gasteiger partial charge in [0.05, 0.1) is 46.0 Å². The first-order chi connectivity index (χ1) is 27.6. The van der Waals surface area contributed by atoms with E-state index in [2.05, 4.69) is 17.0 Å². The predicted molar refractivity (Wildman–Crippen MR) is 211 cm³/mol. The lowest BCUT2D eigenvalue weighted by molar-refractivity contribution is -0.143. The molecule has 1 N–H and O–H groups in total. The van der Waals surface area contributed by atoms with Crippen molar-refractivity contribution in [2.45, 2.75) is 87.4 Å². The lowest BCUT2D eigenvalue weighted by Crippen LogP contribution is -2.54. The molecule has 0 unspecified atom stereocenters. The van der Waals surface area contributed by atoms with Crippen molar-refractivity contribution in [2.75, 3.05) is 59.5 Å². The van der Waals surface area contributed by atoms with E-state index < -0.39 is 46.2 Å². The van der Waals surface area contributed by atoms with Gasteiger partial charge in [-0.1, -0.05) is 53.5 Å². The van der Waals surface area contributed by atoms with E-state index in [4.69, 9.17) is 32.7 Å². The fourth-order valence-corrected chi connectivity index (χ4v) is 9.00. The summed E-state index contributed by atoms with van der Waals surface area (Å²) in [7, 11) is 1.73. The summed E-state index contributed by atoms with van der Waals surface area (Å²) in [5.41, 5.74) is -3.30. The van der Waals surface area contributed by atoms with Gasteiger partial charge in [-0.2, -0.15) is 26.3 Å². The van der Waals surface area contributed by atoms with Crippen LogP contribution in [0.3, 0.4) is 0 Å². The highest BCUT2D eigenvalue weighted by Gasteiger charge is 2.50. The van der Waals surface area contributed by atoms with Crippen LogP contribution in [0.15, 0.2) is 60.7 Å². The van der Waals surface area contributed by atoms with E-state index in [9.17, 15) is 41.0 Å². The van der Waals surface area contributed by atoms with Crippen LogP contribution in [0.5, 0.6) is 0 Å². The molecule has 16 heteroatoms. The molecule has 0 aromatic heterocycles. The average molecular weight is 873 g/mol. The van der Waals surface area contributed by atoms with E-state index in [1.54, 1.807) is 44.0 Å². The molecule has 6 rings (SSSR count). The van der Waals surface area contributed by atoms with Gasteiger partial charge in [-0.05, 0) is 112 Å². The van der Waals surface area contributed by atoms with Crippen LogP contribution >= 0.6 is 23.2 Å². The number of hydrogen-bond donors (Lipinski definition) is 1. The van der Waals surface area contributed by atoms with Gasteiger partial charge >= 0.3 is 12.4 Å². The molecule has 59 heavy (non-hydrogen) atoms. The molecule has 2 amide bonds. The van der Waals surface area contributed by atoms with Crippen molar-refractivity contribution in [3.05, 3.63) is 104 Å². The van der Waals surface area contributed by atoms with Crippen molar-refractivity contribution >= 4 is 35.0 Å². The zero-order chi connectivity index (χ0) is 43.0. The first-order valence-electron chi connectivity index (χ1n) is 19.7. The number of halogens is 8. The van der Waals surface area contributed by atoms with E-state index in [1.165, 1.54) is 16.0 Å². The summed E-state index contributed by atoms with van der Waals surface area (Å²) in [6, 6.07) is 14.0. The maximum absolute atomic E-state index is 13.8. The zero-order valence-electron chi connectivity index (χ0n) is 33.2. The molecule has 0 bridgehead atoms. The molecule has 2 fully saturated rings. The molecule has 8 nitrogen and oxygen atoms in total. The van der Waals surface area contributed by atoms with Gasteiger partial charge in [0.15, 0.2) is 0 Å². The van der Waals surface area contributed by atoms with Crippen LogP contribution in [-0.2, 0) is 44.1 Å². The largest absolute Gasteiger partial charge is 0.416 e. The van der Waals surface area contributed by atoms with Gasteiger partial charge in [0.2, 0.25) is 5.91 Å². The number of likely N-dealkylation sites (N-methyl/N-ethyl adjacent to an activating group) is 1. The topological polar surface area (TPSA) is 82.5 Å². The molecule has 1 aliphatic carbocycles. The molecule has 2 aliphatic heterocycles. The number of ether oxygens (including phenoxy) is 2. The molecule has 0 saturated carbocycles. The molecule has 3 aromatic carbocycles. The molecule has 322 valence electrons. The minimum absolute atomic E-state index is 0.00144. The number of piperidine rings is 1. The van der Waals surface area contributed by atoms with E-state index in [1.807, 2.05) is 12.1 Å². The number of alkyl halides is 6. The molecular formula is C43H49Cl2F6N3O5. The Morgan fingerprint density at radius 1 is 0.932 bits per heavy atom. The van der Waals surface area contributed by atoms with Gasteiger partial charge in [-0.25, -0.2) is 0 Å². The first-order valence-corrected chi connectivity index (χ1v) is 20.4. The Hall–Kier alpha value is -3.40. The van der Waals surface area contributed by atoms with E-state index in [0.29, 0.717) is 69.6 Å². The zero-order valence-corrected chi connectivity index (χ0v) is 34.7. The van der Waals surface area contributed by atoms with Crippen molar-refractivity contribution in [3.8, 4) is 0 Å². The van der Waals surface area contributed by atoms with Gasteiger partial charge in [0.25, 0.3) is 5.91 Å². The van der Waals surface area contributed by atoms with Crippen molar-refractivity contribution in [2.24, 2.45) is 0 Å². The normalized spacial score (nSPS) is 21.2. The summed E-state index contributed by atoms with van der Waals surface area (Å²) < 4.78 is 95.2. The third-order valence-corrected chi connectivity index (χ3v) is 12.8. The van der Waals surface area contributed by atoms with E-state index in [0.717, 1.165) is 12.8 Å². The van der Waals surface area contributed by atoms with Gasteiger partial charge in [0.1, 0.15) is 12.2 Å². The monoisotopic (exact) mass is 871 g/mol. The maximum Gasteiger partial charge on any atom is 0.416 e. The molecule has 3 aliphatic rings. The lowest BCUT2D eigenvalue weighted by atomic mass is 9.72. The average Bonchev–Trinajstić information content (AvgIpc) is 3.48. The number of carbonyl (C=O) groups excluding carboxylic acids is 2. The Morgan fingerprint density at radius 2 is 1.59 bits per heavy atom. The Balaban J connectivity index is 1.18. The number of aliphatic hydroxyl groups is 1. The second kappa shape index (κ2) is 17.5. The van der Waals surface area contributed by atoms with Crippen LogP contribution < -0.4 is 0 Å². The number of benzene rings is 3. The third-order valence-electron chi connectivity index (χ3n) is 12.0. The van der Waals surface area contributed by atoms with Crippen molar-refractivity contribution in [1.82, 2.24) is 14.7 Å². The standard InChI is InChI=1S/C43H49Cl2F6N3O5/c1-39(2,57)11-6-15-52(3)37(55)26-58-36-23-28-7-4-5-8-33(28)40(36)12-16-53(17-13-40)18-14-41(30-9-10-34(44)35(45)25-30)27-54(19-20-59-41)38(56)29-21-31(42(46,47)48)24-32(22-29)43(49,50)51/h4-5,7-10,21-22,24-25,36,57H,6,11-20,23,26-27H2,1-3H3/t36-,41-/m0/s1. The molecule has 0 radical (unpaired) electrons. The molecule has 2 heterocycles. The van der Waals surface area contributed by atoms with Gasteiger partial charge < -0.3 is 29.3 Å². The summed E-state index contributed by atoms with van der Waals surface area (Å²) in [5.74, 6) is -1.12. The number of nitrogens with zero attached hydrogens (tertiary/aromatic N) is 3. The first kappa shape index (κ1) is 45.1. The smallest absolute Gasteiger partial charge is 0.390 e. The molecule has 2 saturated heterocycles. The maximum atomic E-state index is 13.8.